The highest BCUT2D eigenvalue weighted by Crippen LogP contribution is 2.37. The molecule has 2 nitrogen and oxygen atoms in total. The number of nitrogens with zero attached hydrogens (tertiary/aromatic N) is 1. The predicted molar refractivity (Wildman–Crippen MR) is 62.5 cm³/mol. The number of carbonyl (C=O) groups excluding carboxylic acids is 1. The van der Waals surface area contributed by atoms with Crippen LogP contribution in [0, 0.1) is 0 Å². The molecule has 1 atom stereocenters. The van der Waals surface area contributed by atoms with E-state index < -0.39 is 5.24 Å². The molecule has 1 aromatic rings. The van der Waals surface area contributed by atoms with Crippen LogP contribution in [0.15, 0.2) is 17.6 Å². The lowest BCUT2D eigenvalue weighted by Crippen LogP contribution is -1.78. The zero-order valence-electron chi connectivity index (χ0n) is 6.71. The molecule has 0 spiro atoms. The van der Waals surface area contributed by atoms with Crippen molar-refractivity contribution in [3.8, 4) is 0 Å². The summed E-state index contributed by atoms with van der Waals surface area (Å²) in [6, 6.07) is 1.61. The van der Waals surface area contributed by atoms with E-state index in [0.29, 0.717) is 10.6 Å². The third-order valence-corrected chi connectivity index (χ3v) is 3.38. The van der Waals surface area contributed by atoms with Crippen LogP contribution < -0.4 is 0 Å². The summed E-state index contributed by atoms with van der Waals surface area (Å²) in [5.41, 5.74) is 0.647. The van der Waals surface area contributed by atoms with Gasteiger partial charge < -0.3 is 0 Å². The van der Waals surface area contributed by atoms with Crippen LogP contribution in [0.5, 0.6) is 0 Å². The molecule has 0 bridgehead atoms. The topological polar surface area (TPSA) is 29.4 Å². The van der Waals surface area contributed by atoms with Crippen molar-refractivity contribution in [3.63, 3.8) is 0 Å². The number of aliphatic imine (C=N–C) groups is 1. The Morgan fingerprint density at radius 2 is 2.31 bits per heavy atom. The first kappa shape index (κ1) is 10.6. The first-order valence-electron chi connectivity index (χ1n) is 3.31. The second kappa shape index (κ2) is 4.14. The molecular formula is C8H7ClNOPS. The van der Waals surface area contributed by atoms with Crippen molar-refractivity contribution >= 4 is 55.1 Å². The molecule has 0 fully saturated rings. The van der Waals surface area contributed by atoms with E-state index >= 15 is 0 Å². The van der Waals surface area contributed by atoms with Gasteiger partial charge in [0.25, 0.3) is 5.24 Å². The lowest BCUT2D eigenvalue weighted by atomic mass is 10.3. The van der Waals surface area contributed by atoms with Crippen LogP contribution >= 0.6 is 32.2 Å². The predicted octanol–water partition coefficient (Wildman–Crippen LogP) is 3.31. The van der Waals surface area contributed by atoms with Gasteiger partial charge in [0, 0.05) is 0 Å². The molecule has 0 aliphatic carbocycles. The minimum absolute atomic E-state index is 0.461. The van der Waals surface area contributed by atoms with Crippen molar-refractivity contribution in [2.45, 2.75) is 0 Å². The van der Waals surface area contributed by atoms with E-state index in [0.717, 1.165) is 10.2 Å². The number of halogens is 1. The molecule has 5 heteroatoms. The van der Waals surface area contributed by atoms with Crippen LogP contribution in [-0.4, -0.2) is 12.0 Å². The van der Waals surface area contributed by atoms with Gasteiger partial charge in [0.2, 0.25) is 0 Å². The quantitative estimate of drug-likeness (QED) is 0.446. The summed E-state index contributed by atoms with van der Waals surface area (Å²) in [5.74, 6) is 0. The monoisotopic (exact) mass is 231 g/mol. The highest BCUT2D eigenvalue weighted by molar-refractivity contribution is 7.34. The highest BCUT2D eigenvalue weighted by Gasteiger charge is 2.12. The SMILES string of the molecule is C=Nc1cc(C(=O)Cl)sc1C(=C)P. The van der Waals surface area contributed by atoms with Crippen molar-refractivity contribution in [1.29, 1.82) is 0 Å². The molecule has 0 aliphatic heterocycles. The molecule has 0 saturated carbocycles. The van der Waals surface area contributed by atoms with E-state index in [4.69, 9.17) is 11.6 Å². The molecule has 0 saturated heterocycles. The summed E-state index contributed by atoms with van der Waals surface area (Å²) in [4.78, 5) is 15.9. The van der Waals surface area contributed by atoms with Crippen molar-refractivity contribution in [2.75, 3.05) is 0 Å². The summed E-state index contributed by atoms with van der Waals surface area (Å²) in [6.07, 6.45) is 0. The second-order valence-corrected chi connectivity index (χ2v) is 4.37. The third kappa shape index (κ3) is 2.25. The Hall–Kier alpha value is -0.500. The molecule has 1 heterocycles. The summed E-state index contributed by atoms with van der Waals surface area (Å²) >= 11 is 6.59. The van der Waals surface area contributed by atoms with E-state index in [1.54, 1.807) is 6.07 Å². The van der Waals surface area contributed by atoms with Gasteiger partial charge in [0.15, 0.2) is 0 Å². The third-order valence-electron chi connectivity index (χ3n) is 1.37. The average molecular weight is 232 g/mol. The fourth-order valence-corrected chi connectivity index (χ4v) is 2.15. The smallest absolute Gasteiger partial charge is 0.262 e. The summed E-state index contributed by atoms with van der Waals surface area (Å²) in [6.45, 7) is 7.14. The molecule has 1 aromatic heterocycles. The highest BCUT2D eigenvalue weighted by atomic mass is 35.5. The Morgan fingerprint density at radius 3 is 2.62 bits per heavy atom. The van der Waals surface area contributed by atoms with Crippen LogP contribution in [0.3, 0.4) is 0 Å². The van der Waals surface area contributed by atoms with E-state index in [9.17, 15) is 4.79 Å². The zero-order valence-corrected chi connectivity index (χ0v) is 9.44. The van der Waals surface area contributed by atoms with Crippen LogP contribution in [0.4, 0.5) is 5.69 Å². The Morgan fingerprint density at radius 1 is 1.69 bits per heavy atom. The Balaban J connectivity index is 3.27. The molecule has 0 aromatic carbocycles. The van der Waals surface area contributed by atoms with Crippen molar-refractivity contribution in [3.05, 3.63) is 22.4 Å². The van der Waals surface area contributed by atoms with Crippen molar-refractivity contribution in [1.82, 2.24) is 0 Å². The van der Waals surface area contributed by atoms with Crippen LogP contribution in [0.1, 0.15) is 14.5 Å². The number of hydrogen-bond acceptors (Lipinski definition) is 3. The first-order valence-corrected chi connectivity index (χ1v) is 5.08. The van der Waals surface area contributed by atoms with Gasteiger partial charge >= 0.3 is 0 Å². The number of carbonyl (C=O) groups is 1. The minimum atomic E-state index is -0.479. The van der Waals surface area contributed by atoms with E-state index in [1.807, 2.05) is 0 Å². The maximum absolute atomic E-state index is 10.8. The molecule has 13 heavy (non-hydrogen) atoms. The Labute approximate surface area is 87.5 Å². The maximum Gasteiger partial charge on any atom is 0.262 e. The van der Waals surface area contributed by atoms with Crippen LogP contribution in [-0.2, 0) is 0 Å². The first-order chi connectivity index (χ1) is 6.06. The molecule has 0 aliphatic rings. The van der Waals surface area contributed by atoms with Gasteiger partial charge in [-0.15, -0.1) is 20.6 Å². The number of hydrogen-bond donors (Lipinski definition) is 0. The van der Waals surface area contributed by atoms with Gasteiger partial charge in [0.1, 0.15) is 0 Å². The largest absolute Gasteiger partial charge is 0.275 e. The van der Waals surface area contributed by atoms with Gasteiger partial charge in [-0.25, -0.2) is 0 Å². The van der Waals surface area contributed by atoms with E-state index in [2.05, 4.69) is 27.5 Å². The average Bonchev–Trinajstić information content (AvgIpc) is 2.47. The van der Waals surface area contributed by atoms with E-state index in [1.165, 1.54) is 11.3 Å². The maximum atomic E-state index is 10.8. The molecule has 68 valence electrons. The van der Waals surface area contributed by atoms with Crippen molar-refractivity contribution < 1.29 is 4.79 Å². The molecule has 1 unspecified atom stereocenters. The fraction of sp³-hybridized carbons (Fsp3) is 0. The van der Waals surface area contributed by atoms with Gasteiger partial charge in [-0.3, -0.25) is 9.79 Å². The molecular weight excluding hydrogens is 225 g/mol. The van der Waals surface area contributed by atoms with Crippen LogP contribution in [0.25, 0.3) is 5.31 Å². The normalized spacial score (nSPS) is 9.69. The summed E-state index contributed by atoms with van der Waals surface area (Å²) < 4.78 is 0. The molecule has 0 N–H and O–H groups in total. The number of rotatable bonds is 3. The molecule has 0 amide bonds. The summed E-state index contributed by atoms with van der Waals surface area (Å²) in [5, 5.41) is 0.295. The van der Waals surface area contributed by atoms with Gasteiger partial charge in [-0.2, -0.15) is 0 Å². The van der Waals surface area contributed by atoms with Gasteiger partial charge in [-0.05, 0) is 29.7 Å². The zero-order chi connectivity index (χ0) is 10.0. The minimum Gasteiger partial charge on any atom is -0.275 e. The Bertz CT molecular complexity index is 385. The summed E-state index contributed by atoms with van der Waals surface area (Å²) in [7, 11) is 2.45. The van der Waals surface area contributed by atoms with Gasteiger partial charge in [-0.1, -0.05) is 6.58 Å². The lowest BCUT2D eigenvalue weighted by molar-refractivity contribution is 0.108. The Kier molecular flexibility index (Phi) is 3.37. The van der Waals surface area contributed by atoms with Gasteiger partial charge in [0.05, 0.1) is 15.4 Å². The lowest BCUT2D eigenvalue weighted by Gasteiger charge is -1.93. The molecule has 0 radical (unpaired) electrons. The van der Waals surface area contributed by atoms with Crippen molar-refractivity contribution in [2.24, 2.45) is 4.99 Å². The molecule has 1 rings (SSSR count). The fourth-order valence-electron chi connectivity index (χ4n) is 0.826. The van der Waals surface area contributed by atoms with E-state index in [-0.39, 0.29) is 0 Å². The second-order valence-electron chi connectivity index (χ2n) is 2.28. The van der Waals surface area contributed by atoms with Crippen LogP contribution in [0.2, 0.25) is 0 Å². The number of thiophene rings is 1. The standard InChI is InChI=1S/C8H7ClNOPS/c1-4(12)7-5(10-2)3-6(13-7)8(9)11/h3H,1-2,12H2.